The highest BCUT2D eigenvalue weighted by molar-refractivity contribution is 5.92. The molecule has 1 aliphatic heterocycles. The van der Waals surface area contributed by atoms with E-state index in [1.165, 1.54) is 6.07 Å². The molecule has 0 aliphatic carbocycles. The molecular weight excluding hydrogens is 186 g/mol. The zero-order valence-corrected chi connectivity index (χ0v) is 7.56. The molecule has 2 N–H and O–H groups in total. The number of morpholine rings is 1. The number of hydrogen-bond acceptors (Lipinski definition) is 4. The van der Waals surface area contributed by atoms with E-state index < -0.39 is 0 Å². The van der Waals surface area contributed by atoms with E-state index in [1.807, 2.05) is 0 Å². The molecule has 0 unspecified atom stereocenters. The number of carbonyl (C=O) groups is 1. The fourth-order valence-electron chi connectivity index (χ4n) is 1.35. The van der Waals surface area contributed by atoms with E-state index in [0.29, 0.717) is 26.3 Å². The van der Waals surface area contributed by atoms with E-state index in [-0.39, 0.29) is 17.5 Å². The Morgan fingerprint density at radius 3 is 2.86 bits per heavy atom. The van der Waals surface area contributed by atoms with E-state index in [0.717, 1.165) is 0 Å². The molecule has 2 heterocycles. The molecule has 1 saturated heterocycles. The van der Waals surface area contributed by atoms with Crippen molar-refractivity contribution in [1.29, 1.82) is 0 Å². The Morgan fingerprint density at radius 2 is 2.29 bits per heavy atom. The van der Waals surface area contributed by atoms with Crippen LogP contribution in [0, 0.1) is 0 Å². The van der Waals surface area contributed by atoms with Gasteiger partial charge in [0.2, 0.25) is 5.88 Å². The smallest absolute Gasteiger partial charge is 0.274 e. The number of hydrogen-bond donors (Lipinski definition) is 2. The Bertz CT molecular complexity index is 330. The number of aromatic amines is 1. The molecule has 1 aromatic rings. The van der Waals surface area contributed by atoms with Gasteiger partial charge in [0.25, 0.3) is 5.91 Å². The van der Waals surface area contributed by atoms with E-state index in [9.17, 15) is 4.79 Å². The monoisotopic (exact) mass is 197 g/mol. The fraction of sp³-hybridized carbons (Fsp3) is 0.500. The number of aromatic hydroxyl groups is 1. The SMILES string of the molecule is O=C(c1cc(O)[nH]n1)N1CCOCC1. The van der Waals surface area contributed by atoms with Crippen molar-refractivity contribution >= 4 is 5.91 Å². The summed E-state index contributed by atoms with van der Waals surface area (Å²) < 4.78 is 5.12. The van der Waals surface area contributed by atoms with Crippen molar-refractivity contribution in [3.05, 3.63) is 11.8 Å². The second-order valence-electron chi connectivity index (χ2n) is 3.04. The van der Waals surface area contributed by atoms with E-state index >= 15 is 0 Å². The van der Waals surface area contributed by atoms with Crippen LogP contribution in [0.15, 0.2) is 6.07 Å². The summed E-state index contributed by atoms with van der Waals surface area (Å²) in [4.78, 5) is 13.3. The Balaban J connectivity index is 2.07. The van der Waals surface area contributed by atoms with Gasteiger partial charge in [0.05, 0.1) is 13.2 Å². The zero-order chi connectivity index (χ0) is 9.97. The normalized spacial score (nSPS) is 17.0. The average Bonchev–Trinajstić information content (AvgIpc) is 2.65. The molecule has 2 rings (SSSR count). The van der Waals surface area contributed by atoms with Gasteiger partial charge in [0.1, 0.15) is 0 Å². The van der Waals surface area contributed by atoms with Crippen LogP contribution in [0.4, 0.5) is 0 Å². The summed E-state index contributed by atoms with van der Waals surface area (Å²) >= 11 is 0. The van der Waals surface area contributed by atoms with Crippen LogP contribution >= 0.6 is 0 Å². The molecule has 6 heteroatoms. The van der Waals surface area contributed by atoms with Gasteiger partial charge in [-0.25, -0.2) is 5.10 Å². The quantitative estimate of drug-likeness (QED) is 0.641. The lowest BCUT2D eigenvalue weighted by molar-refractivity contribution is 0.0299. The molecule has 1 fully saturated rings. The molecule has 1 aliphatic rings. The molecule has 0 spiro atoms. The van der Waals surface area contributed by atoms with Crippen LogP contribution < -0.4 is 0 Å². The van der Waals surface area contributed by atoms with Gasteiger partial charge in [-0.1, -0.05) is 0 Å². The van der Waals surface area contributed by atoms with Gasteiger partial charge in [0.15, 0.2) is 5.69 Å². The number of nitrogens with zero attached hydrogens (tertiary/aromatic N) is 2. The third kappa shape index (κ3) is 1.69. The first-order valence-electron chi connectivity index (χ1n) is 4.39. The van der Waals surface area contributed by atoms with Crippen molar-refractivity contribution in [3.8, 4) is 5.88 Å². The number of aromatic nitrogens is 2. The molecule has 0 radical (unpaired) electrons. The minimum absolute atomic E-state index is 0.0957. The summed E-state index contributed by atoms with van der Waals surface area (Å²) in [6.07, 6.45) is 0. The maximum Gasteiger partial charge on any atom is 0.274 e. The van der Waals surface area contributed by atoms with Crippen molar-refractivity contribution in [2.24, 2.45) is 0 Å². The minimum Gasteiger partial charge on any atom is -0.494 e. The lowest BCUT2D eigenvalue weighted by Crippen LogP contribution is -2.40. The summed E-state index contributed by atoms with van der Waals surface area (Å²) in [6.45, 7) is 2.27. The van der Waals surface area contributed by atoms with Crippen LogP contribution in [0.3, 0.4) is 0 Å². The first-order valence-corrected chi connectivity index (χ1v) is 4.39. The Hall–Kier alpha value is -1.56. The second kappa shape index (κ2) is 3.67. The zero-order valence-electron chi connectivity index (χ0n) is 7.56. The highest BCUT2D eigenvalue weighted by Gasteiger charge is 2.20. The van der Waals surface area contributed by atoms with E-state index in [2.05, 4.69) is 10.2 Å². The maximum atomic E-state index is 11.7. The van der Waals surface area contributed by atoms with Crippen LogP contribution in [-0.2, 0) is 4.74 Å². The molecule has 76 valence electrons. The molecule has 1 aromatic heterocycles. The maximum absolute atomic E-state index is 11.7. The van der Waals surface area contributed by atoms with Crippen molar-refractivity contribution in [2.45, 2.75) is 0 Å². The number of carbonyl (C=O) groups excluding carboxylic acids is 1. The van der Waals surface area contributed by atoms with Gasteiger partial charge in [-0.2, -0.15) is 5.10 Å². The number of rotatable bonds is 1. The van der Waals surface area contributed by atoms with Crippen LogP contribution in [0.5, 0.6) is 5.88 Å². The number of nitrogens with one attached hydrogen (secondary N) is 1. The summed E-state index contributed by atoms with van der Waals surface area (Å²) in [7, 11) is 0. The fourth-order valence-corrected chi connectivity index (χ4v) is 1.35. The van der Waals surface area contributed by atoms with E-state index in [1.54, 1.807) is 4.90 Å². The Labute approximate surface area is 80.5 Å². The molecule has 6 nitrogen and oxygen atoms in total. The lowest BCUT2D eigenvalue weighted by atomic mass is 10.3. The summed E-state index contributed by atoms with van der Waals surface area (Å²) in [5.41, 5.74) is 0.240. The predicted octanol–water partition coefficient (Wildman–Crippen LogP) is -0.412. The summed E-state index contributed by atoms with van der Waals surface area (Å²) in [6, 6.07) is 1.32. The molecule has 0 saturated carbocycles. The number of ether oxygens (including phenoxy) is 1. The standard InChI is InChI=1S/C8H11N3O3/c12-7-5-6(9-10-7)8(13)11-1-3-14-4-2-11/h5H,1-4H2,(H2,9,10,12). The Kier molecular flexibility index (Phi) is 2.36. The van der Waals surface area contributed by atoms with Gasteiger partial charge in [0, 0.05) is 19.2 Å². The molecule has 0 bridgehead atoms. The van der Waals surface area contributed by atoms with Crippen LogP contribution in [-0.4, -0.2) is 52.4 Å². The van der Waals surface area contributed by atoms with Crippen LogP contribution in [0.25, 0.3) is 0 Å². The largest absolute Gasteiger partial charge is 0.494 e. The van der Waals surface area contributed by atoms with Crippen molar-refractivity contribution in [1.82, 2.24) is 15.1 Å². The van der Waals surface area contributed by atoms with E-state index in [4.69, 9.17) is 9.84 Å². The molecule has 0 atom stereocenters. The summed E-state index contributed by atoms with van der Waals surface area (Å²) in [5, 5.41) is 15.0. The lowest BCUT2D eigenvalue weighted by Gasteiger charge is -2.25. The first-order chi connectivity index (χ1) is 6.77. The molecule has 0 aromatic carbocycles. The van der Waals surface area contributed by atoms with Gasteiger partial charge in [-0.3, -0.25) is 4.79 Å². The molecular formula is C8H11N3O3. The van der Waals surface area contributed by atoms with Crippen LogP contribution in [0.2, 0.25) is 0 Å². The number of amides is 1. The average molecular weight is 197 g/mol. The minimum atomic E-state index is -0.176. The van der Waals surface area contributed by atoms with Crippen molar-refractivity contribution in [3.63, 3.8) is 0 Å². The highest BCUT2D eigenvalue weighted by atomic mass is 16.5. The first kappa shape index (κ1) is 9.01. The van der Waals surface area contributed by atoms with Gasteiger partial charge < -0.3 is 14.7 Å². The predicted molar refractivity (Wildman–Crippen MR) is 47.0 cm³/mol. The molecule has 1 amide bonds. The van der Waals surface area contributed by atoms with Gasteiger partial charge >= 0.3 is 0 Å². The van der Waals surface area contributed by atoms with Crippen molar-refractivity contribution in [2.75, 3.05) is 26.3 Å². The second-order valence-corrected chi connectivity index (χ2v) is 3.04. The van der Waals surface area contributed by atoms with Gasteiger partial charge in [-0.05, 0) is 0 Å². The molecule has 14 heavy (non-hydrogen) atoms. The Morgan fingerprint density at radius 1 is 1.57 bits per heavy atom. The number of H-pyrrole nitrogens is 1. The highest BCUT2D eigenvalue weighted by Crippen LogP contribution is 2.09. The third-order valence-electron chi connectivity index (χ3n) is 2.08. The third-order valence-corrected chi connectivity index (χ3v) is 2.08. The van der Waals surface area contributed by atoms with Crippen molar-refractivity contribution < 1.29 is 14.6 Å². The topological polar surface area (TPSA) is 78.4 Å². The summed E-state index contributed by atoms with van der Waals surface area (Å²) in [5.74, 6) is -0.272. The van der Waals surface area contributed by atoms with Gasteiger partial charge in [-0.15, -0.1) is 0 Å². The van der Waals surface area contributed by atoms with Crippen LogP contribution in [0.1, 0.15) is 10.5 Å².